The molecule has 0 fully saturated rings. The quantitative estimate of drug-likeness (QED) is 0.775. The molecule has 2 aromatic rings. The van der Waals surface area contributed by atoms with Gasteiger partial charge >= 0.3 is 6.03 Å². The number of carbonyl (C=O) groups excluding carboxylic acids is 1. The average molecular weight is 390 g/mol. The molecular weight excluding hydrogens is 370 g/mol. The number of ether oxygens (including phenoxy) is 1. The van der Waals surface area contributed by atoms with Gasteiger partial charge in [-0.05, 0) is 50.2 Å². The molecule has 2 amide bonds. The third kappa shape index (κ3) is 4.31. The number of aliphatic imine (C=N–C) groups is 1. The lowest BCUT2D eigenvalue weighted by molar-refractivity contribution is 0.259. The standard InChI is InChI=1S/C19H20ClN3O2S/c1-3-25-17-7-5-4-6-16(17)23(19-21-13(2)12-26-19)18(24)22-15-10-8-14(20)9-11-15/h4-11,13H,3,12H2,1-2H3,(H,22,24)/t13-/m1/s1. The van der Waals surface area contributed by atoms with E-state index in [1.54, 1.807) is 40.9 Å². The molecule has 0 aliphatic carbocycles. The van der Waals surface area contributed by atoms with Crippen LogP contribution in [0.5, 0.6) is 5.75 Å². The van der Waals surface area contributed by atoms with Crippen LogP contribution in [0.1, 0.15) is 13.8 Å². The minimum atomic E-state index is -0.292. The summed E-state index contributed by atoms with van der Waals surface area (Å²) < 4.78 is 5.72. The van der Waals surface area contributed by atoms with Gasteiger partial charge in [0.15, 0.2) is 5.17 Å². The Bertz CT molecular complexity index is 811. The summed E-state index contributed by atoms with van der Waals surface area (Å²) in [5.41, 5.74) is 1.33. The predicted molar refractivity (Wildman–Crippen MR) is 110 cm³/mol. The Balaban J connectivity index is 1.95. The molecule has 0 spiro atoms. The van der Waals surface area contributed by atoms with Crippen LogP contribution < -0.4 is 15.0 Å². The van der Waals surface area contributed by atoms with Gasteiger partial charge in [-0.1, -0.05) is 35.5 Å². The summed E-state index contributed by atoms with van der Waals surface area (Å²) in [5.74, 6) is 1.49. The second-order valence-electron chi connectivity index (χ2n) is 5.74. The molecule has 0 bridgehead atoms. The Morgan fingerprint density at radius 3 is 2.69 bits per heavy atom. The van der Waals surface area contributed by atoms with Crippen LogP contribution in [0, 0.1) is 0 Å². The number of carbonyl (C=O) groups is 1. The molecule has 2 aromatic carbocycles. The van der Waals surface area contributed by atoms with Crippen molar-refractivity contribution in [1.29, 1.82) is 0 Å². The Morgan fingerprint density at radius 1 is 1.31 bits per heavy atom. The van der Waals surface area contributed by atoms with Gasteiger partial charge in [0.1, 0.15) is 5.75 Å². The van der Waals surface area contributed by atoms with Gasteiger partial charge in [0.05, 0.1) is 18.3 Å². The maximum Gasteiger partial charge on any atom is 0.332 e. The van der Waals surface area contributed by atoms with Crippen molar-refractivity contribution in [2.24, 2.45) is 4.99 Å². The topological polar surface area (TPSA) is 53.9 Å². The number of nitrogens with zero attached hydrogens (tertiary/aromatic N) is 2. The molecule has 0 saturated carbocycles. The molecule has 1 heterocycles. The molecule has 1 N–H and O–H groups in total. The zero-order valence-corrected chi connectivity index (χ0v) is 16.2. The average Bonchev–Trinajstić information content (AvgIpc) is 3.05. The molecule has 3 rings (SSSR count). The summed E-state index contributed by atoms with van der Waals surface area (Å²) in [7, 11) is 0. The summed E-state index contributed by atoms with van der Waals surface area (Å²) in [6.45, 7) is 4.46. The fourth-order valence-electron chi connectivity index (χ4n) is 2.51. The number of halogens is 1. The minimum Gasteiger partial charge on any atom is -0.492 e. The molecule has 5 nitrogen and oxygen atoms in total. The van der Waals surface area contributed by atoms with E-state index >= 15 is 0 Å². The highest BCUT2D eigenvalue weighted by atomic mass is 35.5. The first-order chi connectivity index (χ1) is 12.6. The van der Waals surface area contributed by atoms with Gasteiger partial charge in [-0.25, -0.2) is 9.69 Å². The van der Waals surface area contributed by atoms with Gasteiger partial charge in [-0.3, -0.25) is 4.99 Å². The number of nitrogens with one attached hydrogen (secondary N) is 1. The van der Waals surface area contributed by atoms with Crippen molar-refractivity contribution in [1.82, 2.24) is 0 Å². The number of hydrogen-bond acceptors (Lipinski definition) is 4. The molecule has 0 unspecified atom stereocenters. The lowest BCUT2D eigenvalue weighted by Gasteiger charge is -2.24. The molecule has 0 aromatic heterocycles. The van der Waals surface area contributed by atoms with Gasteiger partial charge < -0.3 is 10.1 Å². The molecule has 1 atom stereocenters. The Labute approximate surface area is 162 Å². The third-order valence-corrected chi connectivity index (χ3v) is 5.13. The summed E-state index contributed by atoms with van der Waals surface area (Å²) >= 11 is 7.48. The van der Waals surface area contributed by atoms with Crippen LogP contribution >= 0.6 is 23.4 Å². The van der Waals surface area contributed by atoms with Crippen molar-refractivity contribution >= 4 is 45.9 Å². The van der Waals surface area contributed by atoms with Gasteiger partial charge in [0, 0.05) is 16.5 Å². The van der Waals surface area contributed by atoms with Crippen molar-refractivity contribution in [2.75, 3.05) is 22.6 Å². The van der Waals surface area contributed by atoms with E-state index in [1.165, 1.54) is 0 Å². The molecule has 7 heteroatoms. The van der Waals surface area contributed by atoms with Crippen LogP contribution in [0.25, 0.3) is 0 Å². The van der Waals surface area contributed by atoms with E-state index in [0.29, 0.717) is 33.9 Å². The smallest absolute Gasteiger partial charge is 0.332 e. The monoisotopic (exact) mass is 389 g/mol. The van der Waals surface area contributed by atoms with Gasteiger partial charge in [-0.15, -0.1) is 0 Å². The first-order valence-corrected chi connectivity index (χ1v) is 9.74. The van der Waals surface area contributed by atoms with Crippen molar-refractivity contribution in [2.45, 2.75) is 19.9 Å². The number of thioether (sulfide) groups is 1. The lowest BCUT2D eigenvalue weighted by atomic mass is 10.2. The second kappa shape index (κ2) is 8.47. The first-order valence-electron chi connectivity index (χ1n) is 8.37. The van der Waals surface area contributed by atoms with Crippen LogP contribution in [0.2, 0.25) is 5.02 Å². The molecule has 0 saturated heterocycles. The van der Waals surface area contributed by atoms with Crippen molar-refractivity contribution in [3.8, 4) is 5.75 Å². The van der Waals surface area contributed by atoms with Crippen LogP contribution in [0.4, 0.5) is 16.2 Å². The van der Waals surface area contributed by atoms with Crippen LogP contribution in [-0.2, 0) is 0 Å². The van der Waals surface area contributed by atoms with E-state index in [2.05, 4.69) is 10.3 Å². The summed E-state index contributed by atoms with van der Waals surface area (Å²) in [6.07, 6.45) is 0. The van der Waals surface area contributed by atoms with E-state index in [1.807, 2.05) is 38.1 Å². The number of para-hydroxylation sites is 2. The number of amides is 2. The normalized spacial score (nSPS) is 16.1. The number of rotatable bonds is 4. The van der Waals surface area contributed by atoms with Crippen molar-refractivity contribution in [3.63, 3.8) is 0 Å². The van der Waals surface area contributed by atoms with E-state index in [0.717, 1.165) is 5.75 Å². The molecule has 136 valence electrons. The van der Waals surface area contributed by atoms with Crippen LogP contribution in [0.3, 0.4) is 0 Å². The summed E-state index contributed by atoms with van der Waals surface area (Å²) in [5, 5.41) is 4.19. The number of benzene rings is 2. The summed E-state index contributed by atoms with van der Waals surface area (Å²) in [4.78, 5) is 19.3. The zero-order chi connectivity index (χ0) is 18.5. The molecule has 0 radical (unpaired) electrons. The summed E-state index contributed by atoms with van der Waals surface area (Å²) in [6, 6.07) is 14.3. The highest BCUT2D eigenvalue weighted by molar-refractivity contribution is 8.14. The van der Waals surface area contributed by atoms with E-state index < -0.39 is 0 Å². The fourth-order valence-corrected chi connectivity index (χ4v) is 3.67. The van der Waals surface area contributed by atoms with Crippen LogP contribution in [0.15, 0.2) is 53.5 Å². The zero-order valence-electron chi connectivity index (χ0n) is 14.6. The van der Waals surface area contributed by atoms with E-state index in [9.17, 15) is 4.79 Å². The van der Waals surface area contributed by atoms with Gasteiger partial charge in [0.25, 0.3) is 0 Å². The SMILES string of the molecule is CCOc1ccccc1N(C(=O)Nc1ccc(Cl)cc1)C1=N[C@H](C)CS1. The van der Waals surface area contributed by atoms with Crippen LogP contribution in [-0.4, -0.2) is 29.6 Å². The second-order valence-corrected chi connectivity index (χ2v) is 7.17. The van der Waals surface area contributed by atoms with Gasteiger partial charge in [0.2, 0.25) is 0 Å². The highest BCUT2D eigenvalue weighted by Gasteiger charge is 2.29. The minimum absolute atomic E-state index is 0.167. The molecule has 26 heavy (non-hydrogen) atoms. The molecule has 1 aliphatic heterocycles. The van der Waals surface area contributed by atoms with E-state index in [4.69, 9.17) is 16.3 Å². The Morgan fingerprint density at radius 2 is 2.04 bits per heavy atom. The van der Waals surface area contributed by atoms with E-state index in [-0.39, 0.29) is 12.1 Å². The largest absolute Gasteiger partial charge is 0.492 e. The predicted octanol–water partition coefficient (Wildman–Crippen LogP) is 5.27. The number of anilines is 2. The maximum absolute atomic E-state index is 13.1. The molecule has 1 aliphatic rings. The number of hydrogen-bond donors (Lipinski definition) is 1. The Hall–Kier alpha value is -2.18. The Kier molecular flexibility index (Phi) is 6.06. The highest BCUT2D eigenvalue weighted by Crippen LogP contribution is 2.33. The van der Waals surface area contributed by atoms with Crippen molar-refractivity contribution in [3.05, 3.63) is 53.6 Å². The maximum atomic E-state index is 13.1. The number of amidine groups is 1. The number of urea groups is 1. The van der Waals surface area contributed by atoms with Gasteiger partial charge in [-0.2, -0.15) is 0 Å². The lowest BCUT2D eigenvalue weighted by Crippen LogP contribution is -2.38. The molecular formula is C19H20ClN3O2S. The fraction of sp³-hybridized carbons (Fsp3) is 0.263. The third-order valence-electron chi connectivity index (χ3n) is 3.68. The van der Waals surface area contributed by atoms with Crippen molar-refractivity contribution < 1.29 is 9.53 Å². The first kappa shape index (κ1) is 18.6.